The van der Waals surface area contributed by atoms with E-state index in [1.54, 1.807) is 48.5 Å². The molecule has 0 amide bonds. The molecule has 0 aromatic heterocycles. The maximum absolute atomic E-state index is 11.5. The summed E-state index contributed by atoms with van der Waals surface area (Å²) in [6.45, 7) is 60.9. The first-order valence-corrected chi connectivity index (χ1v) is 57.5. The van der Waals surface area contributed by atoms with Crippen LogP contribution in [0.4, 0.5) is 51.2 Å². The standard InChI is InChI=1S/2C39H44N5O2.C36H46N5O2.6ClH.3Fe/c1-26(2)34-23-28(5)24-35(27(3)4)37(34)41-39(32-17-19-33(20-18-32)44(45)46)43-22-12-21-42(25-43)38(31-15-9-8-10-16-31)40-36-29(6)13-11-14-30(36)7;1-26(2)34-15-11-16-35(27(3)4)37(34)41-38(31-13-9-8-10-14-31)42-21-12-22-43(25-42)39(32-17-19-33(20-18-32)44(45)46)40-36-29(6)23-28(5)24-30(36)7;1-23(2)30-20-32(24(3)4)35(33(21-30)25(5)6)38-36(29-14-16-31(17-15-29)41(42)43)40-19-11-18-39(22-40)28(9)37-34-26(7)12-10-13-27(34)8;;;;;;;;;/h2*8-11,13-20,23-27H,12,21-22H2,1-7H3;10,12-17,20-25H,11,18-19H2,1-9H3;6*1H;;;/q3*-1;;;;;;;3*+3/p-6. The molecule has 3 aliphatic rings. The molecule has 30 heteroatoms. The van der Waals surface area contributed by atoms with E-state index < -0.39 is 0 Å². The van der Waals surface area contributed by atoms with Gasteiger partial charge in [-0.1, -0.05) is 260 Å². The Hall–Kier alpha value is -10.3. The van der Waals surface area contributed by atoms with Gasteiger partial charge in [0.2, 0.25) is 0 Å². The Balaban J connectivity index is 0.000000231. The molecule has 767 valence electrons. The fourth-order valence-electron chi connectivity index (χ4n) is 17.6. The molecule has 0 saturated carbocycles. The number of amidine groups is 6. The molecular weight excluding hydrogens is 2060 g/mol. The number of nitrogens with zero attached hydrogens (tertiary/aromatic N) is 15. The van der Waals surface area contributed by atoms with Gasteiger partial charge in [-0.2, -0.15) is 20.0 Å². The summed E-state index contributed by atoms with van der Waals surface area (Å²) in [5.74, 6) is 7.08. The Bertz CT molecular complexity index is 6190. The van der Waals surface area contributed by atoms with Crippen molar-refractivity contribution in [2.75, 3.05) is 39.3 Å². The Morgan fingerprint density at radius 2 is 0.507 bits per heavy atom. The number of nitro groups is 3. The zero-order chi connectivity index (χ0) is 105. The second-order valence-electron chi connectivity index (χ2n) is 38.1. The van der Waals surface area contributed by atoms with Gasteiger partial charge in [0.1, 0.15) is 29.2 Å². The van der Waals surface area contributed by atoms with Gasteiger partial charge in [0, 0.05) is 64.2 Å². The molecule has 0 aliphatic carbocycles. The first-order valence-electron chi connectivity index (χ1n) is 48.4. The quantitative estimate of drug-likeness (QED) is 0.0164. The molecule has 3 fully saturated rings. The minimum atomic E-state index is -0.368. The van der Waals surface area contributed by atoms with E-state index in [4.69, 9.17) is 90.5 Å². The molecule has 0 spiro atoms. The number of aliphatic imine (C=N–C) groups is 6. The Morgan fingerprint density at radius 3 is 0.785 bits per heavy atom. The Labute approximate surface area is 897 Å². The summed E-state index contributed by atoms with van der Waals surface area (Å²) in [4.78, 5) is 78.5. The molecule has 3 saturated heterocycles. The van der Waals surface area contributed by atoms with E-state index in [1.807, 2.05) is 55.5 Å². The van der Waals surface area contributed by atoms with Crippen LogP contribution in [0.15, 0.2) is 254 Å². The number of para-hydroxylation sites is 3. The molecule has 21 nitrogen and oxygen atoms in total. The van der Waals surface area contributed by atoms with E-state index >= 15 is 0 Å². The van der Waals surface area contributed by atoms with Gasteiger partial charge < -0.3 is 29.4 Å². The van der Waals surface area contributed by atoms with Crippen LogP contribution in [0.5, 0.6) is 0 Å². The van der Waals surface area contributed by atoms with Gasteiger partial charge in [0.25, 0.3) is 17.1 Å². The molecule has 0 atom stereocenters. The predicted octanol–water partition coefficient (Wildman–Crippen LogP) is 33.2. The fourth-order valence-corrected chi connectivity index (χ4v) is 17.6. The number of hydrogen-bond acceptors (Lipinski definition) is 12. The summed E-state index contributed by atoms with van der Waals surface area (Å²) in [6.07, 6.45) is 2.68. The molecule has 144 heavy (non-hydrogen) atoms. The zero-order valence-electron chi connectivity index (χ0n) is 86.5. The van der Waals surface area contributed by atoms with E-state index in [9.17, 15) is 30.3 Å². The van der Waals surface area contributed by atoms with Crippen LogP contribution in [-0.2, 0) is 39.4 Å². The van der Waals surface area contributed by atoms with Crippen LogP contribution in [0.1, 0.15) is 276 Å². The topological polar surface area (TPSA) is 223 Å². The van der Waals surface area contributed by atoms with Crippen LogP contribution in [0.3, 0.4) is 0 Å². The van der Waals surface area contributed by atoms with E-state index in [-0.39, 0.29) is 94.9 Å². The number of aryl methyl sites for hydroxylation is 8. The third-order valence-electron chi connectivity index (χ3n) is 25.0. The van der Waals surface area contributed by atoms with Crippen LogP contribution >= 0.6 is 60.6 Å². The van der Waals surface area contributed by atoms with Crippen molar-refractivity contribution in [1.29, 1.82) is 0 Å². The molecule has 11 aromatic rings. The van der Waals surface area contributed by atoms with Gasteiger partial charge in [-0.25, -0.2) is 30.0 Å². The molecule has 0 bridgehead atoms. The predicted molar refractivity (Wildman–Crippen MR) is 593 cm³/mol. The Kier molecular flexibility index (Phi) is 46.6. The summed E-state index contributed by atoms with van der Waals surface area (Å²) in [5, 5.41) is 34.5. The summed E-state index contributed by atoms with van der Waals surface area (Å²) in [5.41, 5.74) is 28.3. The fraction of sp³-hybridized carbons (Fsp3) is 0.342. The number of hydrogen-bond donors (Lipinski definition) is 0. The van der Waals surface area contributed by atoms with Crippen molar-refractivity contribution in [2.24, 2.45) is 30.0 Å². The van der Waals surface area contributed by atoms with Gasteiger partial charge in [-0.05, 0) is 271 Å². The monoisotopic (exact) mass is 2190 g/mol. The van der Waals surface area contributed by atoms with Gasteiger partial charge in [0.05, 0.1) is 54.7 Å². The van der Waals surface area contributed by atoms with Gasteiger partial charge in [-0.15, -0.1) is 0 Å². The van der Waals surface area contributed by atoms with E-state index in [0.29, 0.717) is 17.8 Å². The Morgan fingerprint density at radius 1 is 0.278 bits per heavy atom. The number of rotatable bonds is 21. The van der Waals surface area contributed by atoms with Crippen LogP contribution in [0.25, 0.3) is 0 Å². The first kappa shape index (κ1) is 117. The van der Waals surface area contributed by atoms with Crippen molar-refractivity contribution in [3.8, 4) is 0 Å². The minimum absolute atomic E-state index is 0.0540. The molecule has 0 N–H and O–H groups in total. The molecule has 0 radical (unpaired) electrons. The van der Waals surface area contributed by atoms with Crippen molar-refractivity contribution < 1.29 is 54.2 Å². The summed E-state index contributed by atoms with van der Waals surface area (Å²) in [6, 6.07) is 73.2. The van der Waals surface area contributed by atoms with Gasteiger partial charge in [-0.3, -0.25) is 30.3 Å². The average molecular weight is 2190 g/mol. The number of halogens is 6. The normalized spacial score (nSPS) is 14.0. The molecule has 0 unspecified atom stereocenters. The zero-order valence-corrected chi connectivity index (χ0v) is 94.3. The average Bonchev–Trinajstić information content (AvgIpc) is 0.785. The van der Waals surface area contributed by atoms with Crippen molar-refractivity contribution in [3.63, 3.8) is 0 Å². The number of non-ortho nitro benzene ring substituents is 3. The van der Waals surface area contributed by atoms with Crippen LogP contribution < -0.4 is 0 Å². The number of benzene rings is 11. The van der Waals surface area contributed by atoms with Crippen molar-refractivity contribution >= 4 is 147 Å². The molecule has 14 rings (SSSR count). The van der Waals surface area contributed by atoms with Crippen LogP contribution in [-0.4, -0.2) is 118 Å². The second-order valence-corrected chi connectivity index (χ2v) is 43.6. The summed E-state index contributed by atoms with van der Waals surface area (Å²) < 4.78 is 0. The molecular formula is C114H134Cl6Fe3N15O6. The summed E-state index contributed by atoms with van der Waals surface area (Å²) >= 11 is 0.583. The third-order valence-corrected chi connectivity index (χ3v) is 25.0. The molecule has 3 heterocycles. The van der Waals surface area contributed by atoms with Crippen molar-refractivity contribution in [1.82, 2.24) is 29.4 Å². The van der Waals surface area contributed by atoms with E-state index in [2.05, 4.69) is 329 Å². The van der Waals surface area contributed by atoms with Gasteiger partial charge >= 0.3 is 100.0 Å². The molecule has 3 aliphatic heterocycles. The summed E-state index contributed by atoms with van der Waals surface area (Å²) in [7, 11) is 28.6. The van der Waals surface area contributed by atoms with Crippen LogP contribution in [0.2, 0.25) is 0 Å². The van der Waals surface area contributed by atoms with Crippen LogP contribution in [0, 0.1) is 106 Å². The third kappa shape index (κ3) is 32.4. The second kappa shape index (κ2) is 57.2. The van der Waals surface area contributed by atoms with Crippen molar-refractivity contribution in [3.05, 3.63) is 386 Å². The number of nitro benzene ring substituents is 3. The van der Waals surface area contributed by atoms with E-state index in [0.717, 1.165) is 189 Å². The van der Waals surface area contributed by atoms with Gasteiger partial charge in [0.15, 0.2) is 0 Å². The van der Waals surface area contributed by atoms with E-state index in [1.165, 1.54) is 50.1 Å². The molecule has 11 aromatic carbocycles. The maximum atomic E-state index is 11.5. The SMILES string of the molecule is CC(=Nc1c(C)cccc1C)N1[CH-]N(C(=Nc2c(C(C)C)cc(C(C)C)cc2C(C)C)c2ccc([N+](=O)[O-])cc2)CCC1.Cc1cc(C(C)C)c(N=C(c2ccc([N+](=O)[O-])cc2)N2[CH-]N(C(=Nc3c(C)cccc3C)c3ccccc3)CCC2)c(C(C)C)c1.Cc1cc(C)c(N=C(c2ccc([N+](=O)[O-])cc2)N2[CH-]N(C(=Nc3c(C(C)C)cccc3C(C)C)c3ccccc3)CCC2)c(C)c1.[Cl][Fe+][Cl].[Cl][Fe+][Cl].[Cl][Fe+][Cl]. The van der Waals surface area contributed by atoms with Crippen molar-refractivity contribution in [2.45, 2.75) is 220 Å². The first-order chi connectivity index (χ1) is 68.7.